The number of hydrogen-bond acceptors (Lipinski definition) is 6. The van der Waals surface area contributed by atoms with Crippen molar-refractivity contribution >= 4 is 11.7 Å². The van der Waals surface area contributed by atoms with E-state index in [1.54, 1.807) is 13.2 Å². The van der Waals surface area contributed by atoms with Crippen LogP contribution in [0.4, 0.5) is 32.0 Å². The van der Waals surface area contributed by atoms with Crippen molar-refractivity contribution in [3.05, 3.63) is 113 Å². The Morgan fingerprint density at radius 1 is 0.935 bits per heavy atom. The van der Waals surface area contributed by atoms with Crippen LogP contribution in [0.2, 0.25) is 0 Å². The highest BCUT2D eigenvalue weighted by molar-refractivity contribution is 5.92. The molecule has 14 heteroatoms. The van der Waals surface area contributed by atoms with Crippen LogP contribution in [0.25, 0.3) is 22.5 Å². The summed E-state index contributed by atoms with van der Waals surface area (Å²) in [6.07, 6.45) is -7.69. The van der Waals surface area contributed by atoms with E-state index in [1.165, 1.54) is 40.6 Å². The number of anilines is 1. The van der Waals surface area contributed by atoms with Gasteiger partial charge in [0.15, 0.2) is 5.69 Å². The van der Waals surface area contributed by atoms with Crippen molar-refractivity contribution in [2.45, 2.75) is 25.3 Å². The third-order valence-corrected chi connectivity index (χ3v) is 7.24. The zero-order valence-corrected chi connectivity index (χ0v) is 24.2. The van der Waals surface area contributed by atoms with Gasteiger partial charge in [-0.1, -0.05) is 41.6 Å². The lowest BCUT2D eigenvalue weighted by atomic mass is 10.0. The van der Waals surface area contributed by atoms with Crippen molar-refractivity contribution in [3.8, 4) is 28.3 Å². The molecule has 1 aliphatic carbocycles. The molecule has 2 aromatic heterocycles. The van der Waals surface area contributed by atoms with Gasteiger partial charge in [-0.25, -0.2) is 9.48 Å². The summed E-state index contributed by atoms with van der Waals surface area (Å²) < 4.78 is 84.5. The van der Waals surface area contributed by atoms with Crippen LogP contribution in [-0.4, -0.2) is 45.2 Å². The fourth-order valence-corrected chi connectivity index (χ4v) is 5.24. The quantitative estimate of drug-likeness (QED) is 0.182. The summed E-state index contributed by atoms with van der Waals surface area (Å²) in [5.74, 6) is -0.559. The van der Waals surface area contributed by atoms with E-state index < -0.39 is 41.7 Å². The van der Waals surface area contributed by atoms with Gasteiger partial charge in [0.2, 0.25) is 0 Å². The highest BCUT2D eigenvalue weighted by atomic mass is 19.4. The maximum absolute atomic E-state index is 13.0. The minimum absolute atomic E-state index is 0.00712. The Bertz CT molecular complexity index is 1860. The molecular weight excluding hydrogens is 616 g/mol. The molecule has 0 unspecified atom stereocenters. The molecule has 0 spiro atoms. The number of halogens is 6. The van der Waals surface area contributed by atoms with Gasteiger partial charge < -0.3 is 15.2 Å². The van der Waals surface area contributed by atoms with E-state index in [1.807, 2.05) is 13.1 Å². The molecular formula is C32H25F6N5O3. The predicted molar refractivity (Wildman–Crippen MR) is 157 cm³/mol. The minimum Gasteiger partial charge on any atom is -0.495 e. The summed E-state index contributed by atoms with van der Waals surface area (Å²) in [5, 5.41) is 19.6. The van der Waals surface area contributed by atoms with E-state index in [2.05, 4.69) is 50.9 Å². The first-order valence-electron chi connectivity index (χ1n) is 13.6. The van der Waals surface area contributed by atoms with Crippen molar-refractivity contribution < 1.29 is 41.0 Å². The summed E-state index contributed by atoms with van der Waals surface area (Å²) in [5.41, 5.74) is 2.58. The number of fused-ring (bicyclic) bond motifs is 3. The molecule has 0 atom stereocenters. The average Bonchev–Trinajstić information content (AvgIpc) is 3.62. The number of nitrogens with zero attached hydrogens (tertiary/aromatic N) is 4. The number of aromatic nitrogens is 4. The largest absolute Gasteiger partial charge is 0.495 e. The lowest BCUT2D eigenvalue weighted by Crippen LogP contribution is -2.13. The highest BCUT2D eigenvalue weighted by Gasteiger charge is 2.37. The van der Waals surface area contributed by atoms with E-state index >= 15 is 0 Å². The number of pyridine rings is 1. The molecule has 5 aromatic rings. The second-order valence-corrected chi connectivity index (χ2v) is 10.1. The molecule has 0 radical (unpaired) electrons. The standard InChI is InChI=1S/C17H10F6N4O2.C15H15NO/c18-16(19,20)10-5-9(6-11(7-10)17(21,22)23)8-27-14(12-3-1-2-4-24-12)13(15(28)29)25-26-27;1-16-15-13-9-10-5-3-4-6-11(10)12(13)7-8-14(15)17-2/h1-7H,8H2,(H,28,29);3-8,16H,9H2,1-2H3. The zero-order chi connectivity index (χ0) is 33.2. The number of nitrogens with one attached hydrogen (secondary N) is 1. The first-order chi connectivity index (χ1) is 21.8. The Balaban J connectivity index is 0.000000207. The Morgan fingerprint density at radius 3 is 2.20 bits per heavy atom. The molecule has 2 heterocycles. The molecule has 0 aliphatic heterocycles. The van der Waals surface area contributed by atoms with Gasteiger partial charge in [-0.3, -0.25) is 4.98 Å². The number of aromatic carboxylic acids is 1. The van der Waals surface area contributed by atoms with Crippen LogP contribution in [0.5, 0.6) is 5.75 Å². The highest BCUT2D eigenvalue weighted by Crippen LogP contribution is 2.44. The van der Waals surface area contributed by atoms with Crippen LogP contribution < -0.4 is 10.1 Å². The van der Waals surface area contributed by atoms with E-state index in [0.29, 0.717) is 12.1 Å². The van der Waals surface area contributed by atoms with Crippen molar-refractivity contribution in [2.75, 3.05) is 19.5 Å². The molecule has 3 aromatic carbocycles. The number of rotatable bonds is 6. The molecule has 6 rings (SSSR count). The van der Waals surface area contributed by atoms with E-state index in [4.69, 9.17) is 4.74 Å². The van der Waals surface area contributed by atoms with Crippen molar-refractivity contribution in [1.82, 2.24) is 20.0 Å². The fraction of sp³-hybridized carbons (Fsp3) is 0.188. The molecule has 8 nitrogen and oxygen atoms in total. The van der Waals surface area contributed by atoms with E-state index in [9.17, 15) is 36.2 Å². The molecule has 1 aliphatic rings. The fourth-order valence-electron chi connectivity index (χ4n) is 5.24. The molecule has 0 amide bonds. The Morgan fingerprint density at radius 2 is 1.61 bits per heavy atom. The average molecular weight is 642 g/mol. The molecule has 2 N–H and O–H groups in total. The molecule has 46 heavy (non-hydrogen) atoms. The maximum Gasteiger partial charge on any atom is 0.416 e. The van der Waals surface area contributed by atoms with Gasteiger partial charge in [0.1, 0.15) is 11.4 Å². The predicted octanol–water partition coefficient (Wildman–Crippen LogP) is 7.43. The van der Waals surface area contributed by atoms with Gasteiger partial charge in [-0.15, -0.1) is 5.10 Å². The summed E-state index contributed by atoms with van der Waals surface area (Å²) >= 11 is 0. The second-order valence-electron chi connectivity index (χ2n) is 10.1. The van der Waals surface area contributed by atoms with Crippen molar-refractivity contribution in [2.24, 2.45) is 0 Å². The molecule has 0 fully saturated rings. The number of carbonyl (C=O) groups is 1. The monoisotopic (exact) mass is 641 g/mol. The number of alkyl halides is 6. The van der Waals surface area contributed by atoms with Gasteiger partial charge in [0.05, 0.1) is 36.2 Å². The number of hydrogen-bond donors (Lipinski definition) is 2. The number of carboxylic acids is 1. The van der Waals surface area contributed by atoms with Crippen LogP contribution >= 0.6 is 0 Å². The molecule has 238 valence electrons. The summed E-state index contributed by atoms with van der Waals surface area (Å²) in [7, 11) is 3.66. The molecule has 0 bridgehead atoms. The number of methoxy groups -OCH3 is 1. The number of carboxylic acid groups (broad SMARTS) is 1. The summed E-state index contributed by atoms with van der Waals surface area (Å²) in [6, 6.07) is 18.3. The van der Waals surface area contributed by atoms with Crippen LogP contribution in [0, 0.1) is 0 Å². The third kappa shape index (κ3) is 6.50. The van der Waals surface area contributed by atoms with Crippen LogP contribution in [0.15, 0.2) is 79.0 Å². The van der Waals surface area contributed by atoms with Gasteiger partial charge >= 0.3 is 18.3 Å². The Kier molecular flexibility index (Phi) is 8.72. The Labute approximate surface area is 258 Å². The lowest BCUT2D eigenvalue weighted by Gasteiger charge is -2.15. The number of ether oxygens (including phenoxy) is 1. The first-order valence-corrected chi connectivity index (χ1v) is 13.6. The normalized spacial score (nSPS) is 12.1. The summed E-state index contributed by atoms with van der Waals surface area (Å²) in [6.45, 7) is -0.584. The van der Waals surface area contributed by atoms with E-state index in [-0.39, 0.29) is 23.0 Å². The maximum atomic E-state index is 13.0. The summed E-state index contributed by atoms with van der Waals surface area (Å²) in [4.78, 5) is 15.3. The van der Waals surface area contributed by atoms with Gasteiger partial charge in [-0.2, -0.15) is 26.3 Å². The topological polar surface area (TPSA) is 102 Å². The molecule has 0 saturated carbocycles. The molecule has 0 saturated heterocycles. The smallest absolute Gasteiger partial charge is 0.416 e. The minimum atomic E-state index is -5.01. The Hall–Kier alpha value is -5.40. The SMILES string of the molecule is CNc1c(OC)ccc2c1Cc1ccccc1-2.O=C(O)c1nnn(Cc2cc(C(F)(F)F)cc(C(F)(F)F)c2)c1-c1ccccn1. The van der Waals surface area contributed by atoms with Crippen molar-refractivity contribution in [3.63, 3.8) is 0 Å². The van der Waals surface area contributed by atoms with Crippen LogP contribution in [0.3, 0.4) is 0 Å². The second kappa shape index (κ2) is 12.5. The third-order valence-electron chi connectivity index (χ3n) is 7.24. The zero-order valence-electron chi connectivity index (χ0n) is 24.2. The van der Waals surface area contributed by atoms with Crippen LogP contribution in [-0.2, 0) is 25.3 Å². The van der Waals surface area contributed by atoms with E-state index in [0.717, 1.165) is 22.5 Å². The van der Waals surface area contributed by atoms with Gasteiger partial charge in [-0.05, 0) is 64.2 Å². The van der Waals surface area contributed by atoms with Gasteiger partial charge in [0.25, 0.3) is 0 Å². The van der Waals surface area contributed by atoms with Gasteiger partial charge in [0, 0.05) is 19.7 Å². The number of benzene rings is 3. The first kappa shape index (κ1) is 32.0. The van der Waals surface area contributed by atoms with Crippen LogP contribution in [0.1, 0.15) is 38.3 Å². The van der Waals surface area contributed by atoms with Crippen molar-refractivity contribution in [1.29, 1.82) is 0 Å². The lowest BCUT2D eigenvalue weighted by molar-refractivity contribution is -0.143.